The normalized spacial score (nSPS) is 16.0. The van der Waals surface area contributed by atoms with E-state index in [0.29, 0.717) is 17.6 Å². The molecule has 3 aromatic carbocycles. The summed E-state index contributed by atoms with van der Waals surface area (Å²) in [6.07, 6.45) is 4.78. The number of anilines is 1. The van der Waals surface area contributed by atoms with Crippen LogP contribution in [0, 0.1) is 0 Å². The highest BCUT2D eigenvalue weighted by Gasteiger charge is 2.20. The van der Waals surface area contributed by atoms with E-state index in [9.17, 15) is 4.79 Å². The van der Waals surface area contributed by atoms with Gasteiger partial charge in [0.1, 0.15) is 5.58 Å². The monoisotopic (exact) mass is 392 g/mol. The zero-order chi connectivity index (χ0) is 20.3. The number of para-hydroxylation sites is 3. The Morgan fingerprint density at radius 2 is 1.70 bits per heavy atom. The van der Waals surface area contributed by atoms with Crippen molar-refractivity contribution in [3.05, 3.63) is 113 Å². The van der Waals surface area contributed by atoms with E-state index in [0.717, 1.165) is 28.0 Å². The summed E-state index contributed by atoms with van der Waals surface area (Å²) >= 11 is 0. The van der Waals surface area contributed by atoms with Crippen molar-refractivity contribution in [3.63, 3.8) is 0 Å². The lowest BCUT2D eigenvalue weighted by Crippen LogP contribution is -2.23. The van der Waals surface area contributed by atoms with E-state index >= 15 is 0 Å². The Labute approximate surface area is 174 Å². The van der Waals surface area contributed by atoms with Crippen LogP contribution in [0.3, 0.4) is 0 Å². The van der Waals surface area contributed by atoms with Gasteiger partial charge >= 0.3 is 5.63 Å². The van der Waals surface area contributed by atoms with Crippen molar-refractivity contribution in [2.45, 2.75) is 12.5 Å². The molecule has 0 spiro atoms. The van der Waals surface area contributed by atoms with Crippen molar-refractivity contribution in [1.29, 1.82) is 0 Å². The van der Waals surface area contributed by atoms with Gasteiger partial charge in [-0.1, -0.05) is 72.8 Å². The molecule has 1 aliphatic heterocycles. The molecule has 1 aromatic heterocycles. The van der Waals surface area contributed by atoms with Gasteiger partial charge in [-0.25, -0.2) is 4.79 Å². The average molecular weight is 392 g/mol. The maximum atomic E-state index is 12.8. The van der Waals surface area contributed by atoms with Gasteiger partial charge in [-0.2, -0.15) is 0 Å². The molecule has 30 heavy (non-hydrogen) atoms. The predicted molar refractivity (Wildman–Crippen MR) is 123 cm³/mol. The summed E-state index contributed by atoms with van der Waals surface area (Å²) in [6.45, 7) is 0. The largest absolute Gasteiger partial charge is 0.422 e. The third kappa shape index (κ3) is 3.67. The summed E-state index contributed by atoms with van der Waals surface area (Å²) in [5, 5.41) is 4.44. The lowest BCUT2D eigenvalue weighted by Gasteiger charge is -2.15. The molecule has 0 radical (unpaired) electrons. The molecule has 4 heteroatoms. The van der Waals surface area contributed by atoms with E-state index in [1.807, 2.05) is 66.7 Å². The van der Waals surface area contributed by atoms with E-state index in [4.69, 9.17) is 9.41 Å². The van der Waals surface area contributed by atoms with Crippen molar-refractivity contribution in [2.75, 3.05) is 5.32 Å². The first-order valence-corrected chi connectivity index (χ1v) is 9.96. The van der Waals surface area contributed by atoms with E-state index in [1.54, 1.807) is 6.07 Å². The molecular formula is C26H20N2O2. The highest BCUT2D eigenvalue weighted by Crippen LogP contribution is 2.30. The number of hydrogen-bond acceptors (Lipinski definition) is 4. The standard InChI is InChI=1S/C26H20N2O2/c29-26-21(16-19-10-4-7-13-25(19)30-26)24-17-20(15-14-18-8-2-1-3-9-18)27-22-11-5-6-12-23(22)28-24/h1-16,20,27H,17H2. The van der Waals surface area contributed by atoms with Crippen molar-refractivity contribution in [1.82, 2.24) is 0 Å². The van der Waals surface area contributed by atoms with Gasteiger partial charge < -0.3 is 9.73 Å². The molecule has 1 N–H and O–H groups in total. The molecule has 1 unspecified atom stereocenters. The Hall–Kier alpha value is -3.92. The molecule has 0 fully saturated rings. The van der Waals surface area contributed by atoms with E-state index in [-0.39, 0.29) is 11.7 Å². The zero-order valence-corrected chi connectivity index (χ0v) is 16.3. The Morgan fingerprint density at radius 3 is 2.60 bits per heavy atom. The Kier molecular flexibility index (Phi) is 4.74. The van der Waals surface area contributed by atoms with Gasteiger partial charge in [-0.15, -0.1) is 0 Å². The fraction of sp³-hybridized carbons (Fsp3) is 0.0769. The third-order valence-electron chi connectivity index (χ3n) is 5.19. The van der Waals surface area contributed by atoms with Crippen molar-refractivity contribution in [2.24, 2.45) is 4.99 Å². The lowest BCUT2D eigenvalue weighted by atomic mass is 10.0. The van der Waals surface area contributed by atoms with Gasteiger partial charge in [0.05, 0.1) is 28.7 Å². The highest BCUT2D eigenvalue weighted by molar-refractivity contribution is 6.05. The average Bonchev–Trinajstić information content (AvgIpc) is 2.97. The maximum Gasteiger partial charge on any atom is 0.345 e. The minimum absolute atomic E-state index is 0.0153. The molecule has 0 amide bonds. The molecule has 1 aliphatic rings. The van der Waals surface area contributed by atoms with Crippen LogP contribution in [0.15, 0.2) is 105 Å². The van der Waals surface area contributed by atoms with Crippen LogP contribution in [0.25, 0.3) is 17.0 Å². The van der Waals surface area contributed by atoms with Crippen LogP contribution in [0.2, 0.25) is 0 Å². The second-order valence-corrected chi connectivity index (χ2v) is 7.29. The number of nitrogens with one attached hydrogen (secondary N) is 1. The molecule has 0 saturated carbocycles. The first-order valence-electron chi connectivity index (χ1n) is 9.96. The van der Waals surface area contributed by atoms with E-state index < -0.39 is 0 Å². The van der Waals surface area contributed by atoms with Gasteiger partial charge in [0.25, 0.3) is 0 Å². The van der Waals surface area contributed by atoms with Crippen LogP contribution < -0.4 is 10.9 Å². The summed E-state index contributed by atoms with van der Waals surface area (Å²) in [6, 6.07) is 27.5. The summed E-state index contributed by atoms with van der Waals surface area (Å²) in [7, 11) is 0. The summed E-state index contributed by atoms with van der Waals surface area (Å²) in [5.74, 6) is 0. The number of fused-ring (bicyclic) bond motifs is 2. The van der Waals surface area contributed by atoms with Crippen molar-refractivity contribution < 1.29 is 4.42 Å². The number of benzene rings is 3. The van der Waals surface area contributed by atoms with E-state index in [1.165, 1.54) is 0 Å². The van der Waals surface area contributed by atoms with Crippen LogP contribution in [-0.2, 0) is 0 Å². The molecule has 0 bridgehead atoms. The van der Waals surface area contributed by atoms with Crippen LogP contribution in [0.1, 0.15) is 17.5 Å². The van der Waals surface area contributed by atoms with Gasteiger partial charge in [0, 0.05) is 11.8 Å². The fourth-order valence-corrected chi connectivity index (χ4v) is 3.68. The second kappa shape index (κ2) is 7.84. The van der Waals surface area contributed by atoms with Crippen LogP contribution in [0.5, 0.6) is 0 Å². The number of rotatable bonds is 3. The SMILES string of the molecule is O=c1oc2ccccc2cc1C1=Nc2ccccc2NC(C=Cc2ccccc2)C1. The molecular weight excluding hydrogens is 372 g/mol. The van der Waals surface area contributed by atoms with E-state index in [2.05, 4.69) is 29.6 Å². The Morgan fingerprint density at radius 1 is 0.933 bits per heavy atom. The molecule has 146 valence electrons. The molecule has 5 rings (SSSR count). The number of hydrogen-bond donors (Lipinski definition) is 1. The molecule has 0 aliphatic carbocycles. The molecule has 4 nitrogen and oxygen atoms in total. The van der Waals surface area contributed by atoms with Crippen LogP contribution in [-0.4, -0.2) is 11.8 Å². The minimum atomic E-state index is -0.363. The fourth-order valence-electron chi connectivity index (χ4n) is 3.68. The van der Waals surface area contributed by atoms with Crippen LogP contribution in [0.4, 0.5) is 11.4 Å². The second-order valence-electron chi connectivity index (χ2n) is 7.29. The summed E-state index contributed by atoms with van der Waals surface area (Å²) in [5.41, 5.74) is 4.33. The van der Waals surface area contributed by atoms with Crippen molar-refractivity contribution >= 4 is 34.1 Å². The highest BCUT2D eigenvalue weighted by atomic mass is 16.4. The summed E-state index contributed by atoms with van der Waals surface area (Å²) in [4.78, 5) is 17.6. The number of aliphatic imine (C=N–C) groups is 1. The molecule has 2 heterocycles. The van der Waals surface area contributed by atoms with Gasteiger partial charge in [0.15, 0.2) is 0 Å². The Balaban J connectivity index is 1.58. The van der Waals surface area contributed by atoms with Crippen LogP contribution >= 0.6 is 0 Å². The predicted octanol–water partition coefficient (Wildman–Crippen LogP) is 5.81. The third-order valence-corrected chi connectivity index (χ3v) is 5.19. The molecule has 1 atom stereocenters. The van der Waals surface area contributed by atoms with Crippen molar-refractivity contribution in [3.8, 4) is 0 Å². The first kappa shape index (κ1) is 18.1. The first-order chi connectivity index (χ1) is 14.8. The smallest absolute Gasteiger partial charge is 0.345 e. The van der Waals surface area contributed by atoms with Gasteiger partial charge in [-0.05, 0) is 29.8 Å². The maximum absolute atomic E-state index is 12.8. The topological polar surface area (TPSA) is 54.6 Å². The summed E-state index contributed by atoms with van der Waals surface area (Å²) < 4.78 is 5.56. The lowest BCUT2D eigenvalue weighted by molar-refractivity contribution is 0.559. The molecule has 4 aromatic rings. The van der Waals surface area contributed by atoms with Gasteiger partial charge in [0.2, 0.25) is 0 Å². The van der Waals surface area contributed by atoms with Gasteiger partial charge in [-0.3, -0.25) is 4.99 Å². The Bertz CT molecular complexity index is 1320. The minimum Gasteiger partial charge on any atom is -0.422 e. The number of nitrogens with zero attached hydrogens (tertiary/aromatic N) is 1. The quantitative estimate of drug-likeness (QED) is 0.448. The zero-order valence-electron chi connectivity index (χ0n) is 16.3. The molecule has 0 saturated heterocycles.